The topological polar surface area (TPSA) is 49.4 Å². The van der Waals surface area contributed by atoms with Crippen LogP contribution in [-0.2, 0) is 24.0 Å². The SMILES string of the molecule is CCOC.CCOC.CCOOCCN1CCOCC1. The molecule has 0 aromatic heterocycles. The first-order valence-electron chi connectivity index (χ1n) is 7.29. The standard InChI is InChI=1S/C8H17NO3.2C3H8O/c1-2-11-12-8-5-9-3-6-10-7-4-9;2*1-3-4-2/h2-8H2,1H3;2*3H2,1-2H3. The molecule has 1 saturated heterocycles. The highest BCUT2D eigenvalue weighted by Gasteiger charge is 2.09. The van der Waals surface area contributed by atoms with Crippen LogP contribution in [0.3, 0.4) is 0 Å². The van der Waals surface area contributed by atoms with Gasteiger partial charge in [0.25, 0.3) is 0 Å². The van der Waals surface area contributed by atoms with Crippen molar-refractivity contribution in [3.63, 3.8) is 0 Å². The number of nitrogens with zero attached hydrogens (tertiary/aromatic N) is 1. The molecule has 0 aromatic carbocycles. The minimum Gasteiger partial charge on any atom is -0.385 e. The maximum Gasteiger partial charge on any atom is 0.0949 e. The van der Waals surface area contributed by atoms with Gasteiger partial charge in [0.15, 0.2) is 0 Å². The van der Waals surface area contributed by atoms with Crippen LogP contribution in [0.2, 0.25) is 0 Å². The van der Waals surface area contributed by atoms with Crippen molar-refractivity contribution in [3.8, 4) is 0 Å². The smallest absolute Gasteiger partial charge is 0.0949 e. The minimum absolute atomic E-state index is 0.614. The lowest BCUT2D eigenvalue weighted by molar-refractivity contribution is -0.292. The number of methoxy groups -OCH3 is 2. The third kappa shape index (κ3) is 20.1. The van der Waals surface area contributed by atoms with Gasteiger partial charge in [-0.3, -0.25) is 4.90 Å². The van der Waals surface area contributed by atoms with Crippen LogP contribution in [0.5, 0.6) is 0 Å². The molecule has 1 fully saturated rings. The van der Waals surface area contributed by atoms with Crippen molar-refractivity contribution in [1.82, 2.24) is 4.90 Å². The first-order chi connectivity index (χ1) is 9.76. The Morgan fingerprint density at radius 2 is 1.35 bits per heavy atom. The lowest BCUT2D eigenvalue weighted by atomic mass is 10.4. The van der Waals surface area contributed by atoms with Gasteiger partial charge in [0.1, 0.15) is 0 Å². The van der Waals surface area contributed by atoms with Crippen LogP contribution in [0, 0.1) is 0 Å². The molecular formula is C14H33NO5. The van der Waals surface area contributed by atoms with Crippen molar-refractivity contribution in [3.05, 3.63) is 0 Å². The number of ether oxygens (including phenoxy) is 3. The molecule has 0 N–H and O–H groups in total. The molecule has 0 spiro atoms. The molecule has 1 aliphatic rings. The van der Waals surface area contributed by atoms with Crippen molar-refractivity contribution < 1.29 is 24.0 Å². The molecule has 0 radical (unpaired) electrons. The summed E-state index contributed by atoms with van der Waals surface area (Å²) < 4.78 is 14.3. The Kier molecular flexibility index (Phi) is 23.2. The summed E-state index contributed by atoms with van der Waals surface area (Å²) in [4.78, 5) is 12.0. The Hall–Kier alpha value is -0.240. The lowest BCUT2D eigenvalue weighted by Gasteiger charge is -2.25. The van der Waals surface area contributed by atoms with Crippen LogP contribution < -0.4 is 0 Å². The number of hydrogen-bond donors (Lipinski definition) is 0. The van der Waals surface area contributed by atoms with Gasteiger partial charge in [-0.2, -0.15) is 0 Å². The Labute approximate surface area is 124 Å². The zero-order valence-corrected chi connectivity index (χ0v) is 13.9. The predicted molar refractivity (Wildman–Crippen MR) is 79.9 cm³/mol. The first-order valence-corrected chi connectivity index (χ1v) is 7.29. The molecule has 0 saturated carbocycles. The molecule has 1 aliphatic heterocycles. The van der Waals surface area contributed by atoms with Gasteiger partial charge < -0.3 is 14.2 Å². The summed E-state index contributed by atoms with van der Waals surface area (Å²) in [5.41, 5.74) is 0. The fraction of sp³-hybridized carbons (Fsp3) is 1.00. The van der Waals surface area contributed by atoms with E-state index in [0.29, 0.717) is 13.2 Å². The average Bonchev–Trinajstić information content (AvgIpc) is 2.53. The van der Waals surface area contributed by atoms with Crippen molar-refractivity contribution in [2.75, 3.05) is 73.5 Å². The van der Waals surface area contributed by atoms with Gasteiger partial charge >= 0.3 is 0 Å². The Morgan fingerprint density at radius 1 is 0.850 bits per heavy atom. The fourth-order valence-electron chi connectivity index (χ4n) is 1.13. The van der Waals surface area contributed by atoms with E-state index in [9.17, 15) is 0 Å². The molecule has 0 aliphatic carbocycles. The minimum atomic E-state index is 0.614. The maximum absolute atomic E-state index is 5.21. The van der Waals surface area contributed by atoms with E-state index >= 15 is 0 Å². The van der Waals surface area contributed by atoms with E-state index in [1.54, 1.807) is 14.2 Å². The zero-order chi connectivity index (χ0) is 15.5. The van der Waals surface area contributed by atoms with E-state index in [4.69, 9.17) is 14.5 Å². The molecule has 0 amide bonds. The third-order valence-corrected chi connectivity index (χ3v) is 2.37. The summed E-state index contributed by atoms with van der Waals surface area (Å²) in [5.74, 6) is 0. The van der Waals surface area contributed by atoms with Gasteiger partial charge in [-0.05, 0) is 20.8 Å². The van der Waals surface area contributed by atoms with Gasteiger partial charge in [-0.25, -0.2) is 9.78 Å². The quantitative estimate of drug-likeness (QED) is 0.404. The normalized spacial score (nSPS) is 14.8. The van der Waals surface area contributed by atoms with E-state index in [0.717, 1.165) is 46.1 Å². The Morgan fingerprint density at radius 3 is 1.75 bits per heavy atom. The molecule has 0 atom stereocenters. The van der Waals surface area contributed by atoms with E-state index in [-0.39, 0.29) is 0 Å². The summed E-state index contributed by atoms with van der Waals surface area (Å²) in [6.07, 6.45) is 0. The van der Waals surface area contributed by atoms with Crippen LogP contribution in [0.1, 0.15) is 20.8 Å². The van der Waals surface area contributed by atoms with E-state index in [1.807, 2.05) is 20.8 Å². The van der Waals surface area contributed by atoms with E-state index in [1.165, 1.54) is 0 Å². The van der Waals surface area contributed by atoms with E-state index < -0.39 is 0 Å². The van der Waals surface area contributed by atoms with Crippen molar-refractivity contribution >= 4 is 0 Å². The second-order valence-electron chi connectivity index (χ2n) is 3.84. The molecular weight excluding hydrogens is 262 g/mol. The average molecular weight is 295 g/mol. The van der Waals surface area contributed by atoms with Crippen LogP contribution in [0.25, 0.3) is 0 Å². The summed E-state index contributed by atoms with van der Waals surface area (Å²) in [7, 11) is 3.36. The predicted octanol–water partition coefficient (Wildman–Crippen LogP) is 1.59. The highest BCUT2D eigenvalue weighted by atomic mass is 17.2. The van der Waals surface area contributed by atoms with Crippen LogP contribution in [-0.4, -0.2) is 78.4 Å². The molecule has 6 heteroatoms. The molecule has 124 valence electrons. The number of morpholine rings is 1. The number of hydrogen-bond acceptors (Lipinski definition) is 6. The van der Waals surface area contributed by atoms with Gasteiger partial charge in [-0.15, -0.1) is 0 Å². The largest absolute Gasteiger partial charge is 0.385 e. The van der Waals surface area contributed by atoms with Gasteiger partial charge in [0.2, 0.25) is 0 Å². The molecule has 0 bridgehead atoms. The highest BCUT2D eigenvalue weighted by Crippen LogP contribution is 1.95. The maximum atomic E-state index is 5.21. The van der Waals surface area contributed by atoms with Crippen molar-refractivity contribution in [2.24, 2.45) is 0 Å². The zero-order valence-electron chi connectivity index (χ0n) is 13.9. The third-order valence-electron chi connectivity index (χ3n) is 2.37. The molecule has 1 heterocycles. The summed E-state index contributed by atoms with van der Waals surface area (Å²) in [5, 5.41) is 0. The molecule has 20 heavy (non-hydrogen) atoms. The fourth-order valence-corrected chi connectivity index (χ4v) is 1.13. The van der Waals surface area contributed by atoms with Crippen LogP contribution >= 0.6 is 0 Å². The van der Waals surface area contributed by atoms with Gasteiger partial charge in [-0.1, -0.05) is 0 Å². The Bertz CT molecular complexity index is 146. The summed E-state index contributed by atoms with van der Waals surface area (Å²) >= 11 is 0. The molecule has 0 unspecified atom stereocenters. The Balaban J connectivity index is 0. The van der Waals surface area contributed by atoms with Crippen LogP contribution in [0.15, 0.2) is 0 Å². The van der Waals surface area contributed by atoms with Crippen molar-refractivity contribution in [1.29, 1.82) is 0 Å². The number of rotatable bonds is 7. The first kappa shape index (κ1) is 22.0. The summed E-state index contributed by atoms with van der Waals surface area (Å²) in [6, 6.07) is 0. The van der Waals surface area contributed by atoms with Crippen LogP contribution in [0.4, 0.5) is 0 Å². The van der Waals surface area contributed by atoms with E-state index in [2.05, 4.69) is 14.4 Å². The van der Waals surface area contributed by atoms with Gasteiger partial charge in [0.05, 0.1) is 26.4 Å². The highest BCUT2D eigenvalue weighted by molar-refractivity contribution is 4.60. The second-order valence-corrected chi connectivity index (χ2v) is 3.84. The molecule has 0 aromatic rings. The molecule has 1 rings (SSSR count). The monoisotopic (exact) mass is 295 g/mol. The summed E-state index contributed by atoms with van der Waals surface area (Å²) in [6.45, 7) is 13.4. The second kappa shape index (κ2) is 21.1. The van der Waals surface area contributed by atoms with Crippen molar-refractivity contribution in [2.45, 2.75) is 20.8 Å². The molecule has 6 nitrogen and oxygen atoms in total. The lowest BCUT2D eigenvalue weighted by Crippen LogP contribution is -2.38. The van der Waals surface area contributed by atoms with Gasteiger partial charge in [0, 0.05) is 47.1 Å².